The highest BCUT2D eigenvalue weighted by Gasteiger charge is 2.22. The monoisotopic (exact) mass is 385 g/mol. The number of aliphatic hydroxyl groups is 1. The zero-order valence-corrected chi connectivity index (χ0v) is 15.7. The highest BCUT2D eigenvalue weighted by atomic mass is 16.3. The van der Waals surface area contributed by atoms with Crippen LogP contribution in [0.5, 0.6) is 0 Å². The lowest BCUT2D eigenvalue weighted by Gasteiger charge is -2.17. The molecule has 2 aromatic carbocycles. The molecule has 144 valence electrons. The Kier molecular flexibility index (Phi) is 5.04. The molecule has 0 radical (unpaired) electrons. The van der Waals surface area contributed by atoms with Crippen LogP contribution in [0.2, 0.25) is 0 Å². The van der Waals surface area contributed by atoms with Gasteiger partial charge in [0.1, 0.15) is 6.54 Å². The van der Waals surface area contributed by atoms with E-state index in [0.717, 1.165) is 27.9 Å². The Morgan fingerprint density at radius 1 is 1.14 bits per heavy atom. The quantitative estimate of drug-likeness (QED) is 0.660. The maximum Gasteiger partial charge on any atom is 0.196 e. The maximum atomic E-state index is 12.2. The van der Waals surface area contributed by atoms with Crippen molar-refractivity contribution < 1.29 is 9.90 Å². The SMILES string of the molecule is [C-]#[N+]c1ccccc1-c1c(-c2ccc3c(c2)C(CN)=NCC3=O)cnn1CCO. The molecule has 0 fully saturated rings. The number of hydrogen-bond acceptors (Lipinski definition) is 5. The summed E-state index contributed by atoms with van der Waals surface area (Å²) in [4.78, 5) is 20.2. The van der Waals surface area contributed by atoms with E-state index in [1.54, 1.807) is 23.0 Å². The molecule has 0 spiro atoms. The number of ketones is 1. The largest absolute Gasteiger partial charge is 0.394 e. The van der Waals surface area contributed by atoms with Crippen LogP contribution in [-0.4, -0.2) is 46.1 Å². The molecule has 0 saturated carbocycles. The molecule has 0 aliphatic carbocycles. The highest BCUT2D eigenvalue weighted by molar-refractivity contribution is 6.16. The fraction of sp³-hybridized carbons (Fsp3) is 0.182. The van der Waals surface area contributed by atoms with Crippen LogP contribution in [-0.2, 0) is 6.54 Å². The van der Waals surface area contributed by atoms with Crippen molar-refractivity contribution in [2.75, 3.05) is 19.7 Å². The van der Waals surface area contributed by atoms with Crippen LogP contribution in [0.4, 0.5) is 5.69 Å². The number of carbonyl (C=O) groups excluding carboxylic acids is 1. The van der Waals surface area contributed by atoms with Crippen LogP contribution < -0.4 is 5.73 Å². The number of aliphatic imine (C=N–C) groups is 1. The van der Waals surface area contributed by atoms with Crippen molar-refractivity contribution in [2.45, 2.75) is 6.54 Å². The lowest BCUT2D eigenvalue weighted by molar-refractivity contribution is 0.1000. The van der Waals surface area contributed by atoms with Gasteiger partial charge >= 0.3 is 0 Å². The summed E-state index contributed by atoms with van der Waals surface area (Å²) >= 11 is 0. The minimum atomic E-state index is -0.0724. The Morgan fingerprint density at radius 2 is 1.97 bits per heavy atom. The van der Waals surface area contributed by atoms with E-state index in [4.69, 9.17) is 12.3 Å². The summed E-state index contributed by atoms with van der Waals surface area (Å²) in [5.41, 5.74) is 11.5. The van der Waals surface area contributed by atoms with Gasteiger partial charge in [0.25, 0.3) is 0 Å². The number of nitrogens with zero attached hydrogens (tertiary/aromatic N) is 4. The lowest BCUT2D eigenvalue weighted by atomic mass is 9.91. The zero-order chi connectivity index (χ0) is 20.4. The summed E-state index contributed by atoms with van der Waals surface area (Å²) < 4.78 is 1.70. The van der Waals surface area contributed by atoms with Gasteiger partial charge in [0.2, 0.25) is 0 Å². The van der Waals surface area contributed by atoms with Gasteiger partial charge < -0.3 is 10.8 Å². The molecule has 1 aliphatic rings. The average Bonchev–Trinajstić information content (AvgIpc) is 3.17. The standard InChI is InChI=1S/C22H19N5O2/c1-24-19-5-3-2-4-16(19)22-18(12-26-27(22)8-9-28)14-6-7-15-17(10-14)20(11-23)25-13-21(15)29/h2-7,10,12,28H,8-9,11,13,23H2. The van der Waals surface area contributed by atoms with E-state index in [-0.39, 0.29) is 25.5 Å². The first-order valence-electron chi connectivity index (χ1n) is 9.22. The number of nitrogens with two attached hydrogens (primary N) is 1. The number of carbonyl (C=O) groups is 1. The van der Waals surface area contributed by atoms with Gasteiger partial charge in [0.05, 0.1) is 37.3 Å². The fourth-order valence-electron chi connectivity index (χ4n) is 3.62. The third-order valence-electron chi connectivity index (χ3n) is 4.98. The van der Waals surface area contributed by atoms with Gasteiger partial charge in [0, 0.05) is 28.8 Å². The molecule has 3 aromatic rings. The molecule has 0 bridgehead atoms. The Balaban J connectivity index is 1.93. The summed E-state index contributed by atoms with van der Waals surface area (Å²) in [5, 5.41) is 13.9. The number of hydrogen-bond donors (Lipinski definition) is 2. The minimum Gasteiger partial charge on any atom is -0.394 e. The predicted molar refractivity (Wildman–Crippen MR) is 111 cm³/mol. The summed E-state index contributed by atoms with van der Waals surface area (Å²) in [6.07, 6.45) is 1.72. The van der Waals surface area contributed by atoms with E-state index in [1.165, 1.54) is 0 Å². The summed E-state index contributed by atoms with van der Waals surface area (Å²) in [6, 6.07) is 12.9. The van der Waals surface area contributed by atoms with Gasteiger partial charge in [-0.1, -0.05) is 36.4 Å². The molecule has 0 atom stereocenters. The Hall–Kier alpha value is -3.60. The van der Waals surface area contributed by atoms with Crippen LogP contribution in [0.1, 0.15) is 15.9 Å². The first-order valence-corrected chi connectivity index (χ1v) is 9.22. The van der Waals surface area contributed by atoms with Crippen molar-refractivity contribution in [3.63, 3.8) is 0 Å². The predicted octanol–water partition coefficient (Wildman–Crippen LogP) is 2.70. The molecule has 7 heteroatoms. The molecular formula is C22H19N5O2. The van der Waals surface area contributed by atoms with E-state index in [0.29, 0.717) is 23.5 Å². The fourth-order valence-corrected chi connectivity index (χ4v) is 3.62. The van der Waals surface area contributed by atoms with Crippen LogP contribution in [0.25, 0.3) is 27.2 Å². The molecule has 2 heterocycles. The second-order valence-corrected chi connectivity index (χ2v) is 6.63. The van der Waals surface area contributed by atoms with E-state index in [1.807, 2.05) is 30.3 Å². The first kappa shape index (κ1) is 18.7. The topological polar surface area (TPSA) is 97.9 Å². The first-order chi connectivity index (χ1) is 14.2. The molecule has 0 amide bonds. The van der Waals surface area contributed by atoms with E-state index < -0.39 is 0 Å². The molecule has 0 saturated heterocycles. The van der Waals surface area contributed by atoms with Gasteiger partial charge in [-0.25, -0.2) is 4.85 Å². The van der Waals surface area contributed by atoms with E-state index >= 15 is 0 Å². The third-order valence-corrected chi connectivity index (χ3v) is 4.98. The Bertz CT molecular complexity index is 1170. The third kappa shape index (κ3) is 3.25. The van der Waals surface area contributed by atoms with Gasteiger partial charge in [-0.2, -0.15) is 5.10 Å². The second kappa shape index (κ2) is 7.80. The number of rotatable bonds is 5. The number of para-hydroxylation sites is 1. The molecule has 3 N–H and O–H groups in total. The van der Waals surface area contributed by atoms with Gasteiger partial charge in [-0.3, -0.25) is 14.5 Å². The Labute approximate surface area is 167 Å². The van der Waals surface area contributed by atoms with Crippen LogP contribution >= 0.6 is 0 Å². The number of aliphatic hydroxyl groups excluding tert-OH is 1. The van der Waals surface area contributed by atoms with Crippen molar-refractivity contribution in [2.24, 2.45) is 10.7 Å². The highest BCUT2D eigenvalue weighted by Crippen LogP contribution is 2.38. The normalized spacial score (nSPS) is 13.0. The van der Waals surface area contributed by atoms with Crippen LogP contribution in [0.3, 0.4) is 0 Å². The number of benzene rings is 2. The van der Waals surface area contributed by atoms with Gasteiger partial charge in [0.15, 0.2) is 11.5 Å². The van der Waals surface area contributed by atoms with Crippen molar-refractivity contribution >= 4 is 17.2 Å². The summed E-state index contributed by atoms with van der Waals surface area (Å²) in [7, 11) is 0. The van der Waals surface area contributed by atoms with Gasteiger partial charge in [-0.05, 0) is 11.6 Å². The van der Waals surface area contributed by atoms with Crippen molar-refractivity contribution in [1.29, 1.82) is 0 Å². The van der Waals surface area contributed by atoms with E-state index in [2.05, 4.69) is 14.9 Å². The average molecular weight is 385 g/mol. The second-order valence-electron chi connectivity index (χ2n) is 6.63. The molecule has 1 aromatic heterocycles. The summed E-state index contributed by atoms with van der Waals surface area (Å²) in [5.74, 6) is -0.0294. The molecule has 4 rings (SSSR count). The lowest BCUT2D eigenvalue weighted by Crippen LogP contribution is -2.24. The van der Waals surface area contributed by atoms with Crippen molar-refractivity contribution in [1.82, 2.24) is 9.78 Å². The zero-order valence-electron chi connectivity index (χ0n) is 15.7. The van der Waals surface area contributed by atoms with Crippen molar-refractivity contribution in [3.05, 3.63) is 71.2 Å². The number of aromatic nitrogens is 2. The smallest absolute Gasteiger partial charge is 0.196 e. The van der Waals surface area contributed by atoms with Crippen LogP contribution in [0, 0.1) is 6.57 Å². The molecular weight excluding hydrogens is 366 g/mol. The van der Waals surface area contributed by atoms with Crippen LogP contribution in [0.15, 0.2) is 53.7 Å². The molecule has 0 unspecified atom stereocenters. The van der Waals surface area contributed by atoms with E-state index in [9.17, 15) is 9.90 Å². The maximum absolute atomic E-state index is 12.2. The molecule has 1 aliphatic heterocycles. The number of fused-ring (bicyclic) bond motifs is 1. The van der Waals surface area contributed by atoms with Gasteiger partial charge in [-0.15, -0.1) is 0 Å². The Morgan fingerprint density at radius 3 is 2.72 bits per heavy atom. The summed E-state index contributed by atoms with van der Waals surface area (Å²) in [6.45, 7) is 8.12. The molecule has 29 heavy (non-hydrogen) atoms. The molecule has 7 nitrogen and oxygen atoms in total. The number of Topliss-reactive ketones (excluding diaryl/α,β-unsaturated/α-hetero) is 1. The minimum absolute atomic E-state index is 0.0294. The van der Waals surface area contributed by atoms with Crippen molar-refractivity contribution in [3.8, 4) is 22.4 Å².